The molecular formula is C28H32O4. The average molecular weight is 433 g/mol. The number of ether oxygens (including phenoxy) is 3. The maximum Gasteiger partial charge on any atom is 0.111 e. The maximum absolute atomic E-state index is 10.8. The number of rotatable bonds is 9. The first kappa shape index (κ1) is 22.7. The SMILES string of the molecule is CC1C(O)CC(OCc2ccccc2)C(OCc2ccccc2)C1OCc1ccccc1. The standard InChI is InChI=1S/C28H32O4/c1-21-25(29)17-26(30-18-22-11-5-2-6-12-22)28(32-20-24-15-9-4-10-16-24)27(21)31-19-23-13-7-3-8-14-23/h2-16,21,25-29H,17-20H2,1H3. The van der Waals surface area contributed by atoms with Crippen LogP contribution in [0.1, 0.15) is 30.0 Å². The Morgan fingerprint density at radius 2 is 1.03 bits per heavy atom. The Morgan fingerprint density at radius 1 is 0.625 bits per heavy atom. The number of aliphatic hydroxyl groups excluding tert-OH is 1. The van der Waals surface area contributed by atoms with E-state index >= 15 is 0 Å². The van der Waals surface area contributed by atoms with Gasteiger partial charge in [0.1, 0.15) is 6.10 Å². The van der Waals surface area contributed by atoms with Crippen molar-refractivity contribution in [3.05, 3.63) is 108 Å². The van der Waals surface area contributed by atoms with E-state index < -0.39 is 6.10 Å². The highest BCUT2D eigenvalue weighted by molar-refractivity contribution is 5.15. The van der Waals surface area contributed by atoms with Gasteiger partial charge in [-0.1, -0.05) is 97.9 Å². The zero-order chi connectivity index (χ0) is 22.2. The molecule has 1 N–H and O–H groups in total. The second-order valence-corrected chi connectivity index (χ2v) is 8.52. The number of hydrogen-bond donors (Lipinski definition) is 1. The van der Waals surface area contributed by atoms with Crippen molar-refractivity contribution in [3.63, 3.8) is 0 Å². The lowest BCUT2D eigenvalue weighted by atomic mass is 9.81. The van der Waals surface area contributed by atoms with Crippen molar-refractivity contribution < 1.29 is 19.3 Å². The van der Waals surface area contributed by atoms with Crippen LogP contribution in [0.5, 0.6) is 0 Å². The predicted octanol–water partition coefficient (Wildman–Crippen LogP) is 5.14. The van der Waals surface area contributed by atoms with Gasteiger partial charge < -0.3 is 19.3 Å². The summed E-state index contributed by atoms with van der Waals surface area (Å²) in [6, 6.07) is 30.3. The summed E-state index contributed by atoms with van der Waals surface area (Å²) in [7, 11) is 0. The summed E-state index contributed by atoms with van der Waals surface area (Å²) in [6.07, 6.45) is -0.790. The van der Waals surface area contributed by atoms with Gasteiger partial charge in [-0.25, -0.2) is 0 Å². The first-order valence-electron chi connectivity index (χ1n) is 11.4. The van der Waals surface area contributed by atoms with Crippen LogP contribution in [0.3, 0.4) is 0 Å². The molecule has 0 aliphatic heterocycles. The molecule has 168 valence electrons. The molecule has 4 rings (SSSR count). The molecule has 1 fully saturated rings. The van der Waals surface area contributed by atoms with Crippen LogP contribution in [-0.4, -0.2) is 29.5 Å². The lowest BCUT2D eigenvalue weighted by molar-refractivity contribution is -0.208. The fraction of sp³-hybridized carbons (Fsp3) is 0.357. The van der Waals surface area contributed by atoms with Gasteiger partial charge in [-0.15, -0.1) is 0 Å². The molecule has 0 radical (unpaired) electrons. The normalized spacial score (nSPS) is 25.5. The van der Waals surface area contributed by atoms with Gasteiger partial charge >= 0.3 is 0 Å². The van der Waals surface area contributed by atoms with E-state index in [1.54, 1.807) is 0 Å². The van der Waals surface area contributed by atoms with E-state index in [1.165, 1.54) is 0 Å². The summed E-state index contributed by atoms with van der Waals surface area (Å²) >= 11 is 0. The van der Waals surface area contributed by atoms with E-state index in [2.05, 4.69) is 12.1 Å². The third-order valence-corrected chi connectivity index (χ3v) is 6.17. The van der Waals surface area contributed by atoms with Gasteiger partial charge in [0.2, 0.25) is 0 Å². The van der Waals surface area contributed by atoms with E-state index in [0.29, 0.717) is 26.2 Å². The Balaban J connectivity index is 1.50. The largest absolute Gasteiger partial charge is 0.393 e. The molecule has 0 heterocycles. The molecule has 1 saturated carbocycles. The smallest absolute Gasteiger partial charge is 0.111 e. The highest BCUT2D eigenvalue weighted by Gasteiger charge is 2.44. The lowest BCUT2D eigenvalue weighted by Crippen LogP contribution is -2.54. The Labute approximate surface area is 190 Å². The van der Waals surface area contributed by atoms with Gasteiger partial charge in [-0.2, -0.15) is 0 Å². The van der Waals surface area contributed by atoms with Crippen molar-refractivity contribution in [2.75, 3.05) is 0 Å². The third kappa shape index (κ3) is 6.05. The first-order valence-corrected chi connectivity index (χ1v) is 11.4. The van der Waals surface area contributed by atoms with Gasteiger partial charge in [-0.3, -0.25) is 0 Å². The molecule has 5 atom stereocenters. The summed E-state index contributed by atoms with van der Waals surface area (Å²) in [5, 5.41) is 10.8. The summed E-state index contributed by atoms with van der Waals surface area (Å²) in [4.78, 5) is 0. The van der Waals surface area contributed by atoms with Crippen molar-refractivity contribution in [1.29, 1.82) is 0 Å². The highest BCUT2D eigenvalue weighted by Crippen LogP contribution is 2.33. The van der Waals surface area contributed by atoms with Gasteiger partial charge in [0, 0.05) is 12.3 Å². The Hall–Kier alpha value is -2.50. The average Bonchev–Trinajstić information content (AvgIpc) is 2.85. The van der Waals surface area contributed by atoms with E-state index in [-0.39, 0.29) is 24.2 Å². The number of hydrogen-bond acceptors (Lipinski definition) is 4. The summed E-state index contributed by atoms with van der Waals surface area (Å²) < 4.78 is 19.1. The Morgan fingerprint density at radius 3 is 1.50 bits per heavy atom. The molecule has 3 aromatic rings. The molecule has 0 bridgehead atoms. The predicted molar refractivity (Wildman–Crippen MR) is 125 cm³/mol. The van der Waals surface area contributed by atoms with Gasteiger partial charge in [0.25, 0.3) is 0 Å². The maximum atomic E-state index is 10.8. The minimum Gasteiger partial charge on any atom is -0.393 e. The summed E-state index contributed by atoms with van der Waals surface area (Å²) in [6.45, 7) is 3.46. The topological polar surface area (TPSA) is 47.9 Å². The van der Waals surface area contributed by atoms with Crippen molar-refractivity contribution in [1.82, 2.24) is 0 Å². The second kappa shape index (κ2) is 11.4. The number of aliphatic hydroxyl groups is 1. The Kier molecular flexibility index (Phi) is 8.07. The zero-order valence-corrected chi connectivity index (χ0v) is 18.5. The summed E-state index contributed by atoms with van der Waals surface area (Å²) in [5.74, 6) is -0.0592. The van der Waals surface area contributed by atoms with Crippen LogP contribution in [0.4, 0.5) is 0 Å². The minimum absolute atomic E-state index is 0.0592. The minimum atomic E-state index is -0.506. The molecule has 0 aromatic heterocycles. The molecule has 4 heteroatoms. The Bertz CT molecular complexity index is 916. The van der Waals surface area contributed by atoms with Crippen LogP contribution in [0, 0.1) is 5.92 Å². The van der Waals surface area contributed by atoms with Crippen molar-refractivity contribution in [3.8, 4) is 0 Å². The zero-order valence-electron chi connectivity index (χ0n) is 18.5. The van der Waals surface area contributed by atoms with Crippen LogP contribution in [-0.2, 0) is 34.0 Å². The van der Waals surface area contributed by atoms with E-state index in [4.69, 9.17) is 14.2 Å². The molecule has 1 aliphatic carbocycles. The van der Waals surface area contributed by atoms with Crippen molar-refractivity contribution in [2.45, 2.75) is 57.6 Å². The van der Waals surface area contributed by atoms with E-state index in [9.17, 15) is 5.11 Å². The third-order valence-electron chi connectivity index (χ3n) is 6.17. The van der Waals surface area contributed by atoms with Gasteiger partial charge in [0.05, 0.1) is 38.1 Å². The van der Waals surface area contributed by atoms with Crippen molar-refractivity contribution in [2.24, 2.45) is 5.92 Å². The van der Waals surface area contributed by atoms with Crippen molar-refractivity contribution >= 4 is 0 Å². The van der Waals surface area contributed by atoms with Crippen LogP contribution in [0.15, 0.2) is 91.0 Å². The fourth-order valence-corrected chi connectivity index (χ4v) is 4.24. The molecule has 32 heavy (non-hydrogen) atoms. The first-order chi connectivity index (χ1) is 15.7. The molecule has 5 unspecified atom stereocenters. The second-order valence-electron chi connectivity index (χ2n) is 8.52. The molecule has 4 nitrogen and oxygen atoms in total. The quantitative estimate of drug-likeness (QED) is 0.508. The van der Waals surface area contributed by atoms with Gasteiger partial charge in [0.15, 0.2) is 0 Å². The molecule has 0 saturated heterocycles. The van der Waals surface area contributed by atoms with Crippen LogP contribution in [0.2, 0.25) is 0 Å². The fourth-order valence-electron chi connectivity index (χ4n) is 4.24. The van der Waals surface area contributed by atoms with E-state index in [1.807, 2.05) is 85.8 Å². The summed E-state index contributed by atoms with van der Waals surface area (Å²) in [5.41, 5.74) is 3.31. The molecular weight excluding hydrogens is 400 g/mol. The highest BCUT2D eigenvalue weighted by atomic mass is 16.6. The lowest BCUT2D eigenvalue weighted by Gasteiger charge is -2.43. The number of benzene rings is 3. The van der Waals surface area contributed by atoms with Gasteiger partial charge in [-0.05, 0) is 16.7 Å². The van der Waals surface area contributed by atoms with E-state index in [0.717, 1.165) is 16.7 Å². The van der Waals surface area contributed by atoms with Crippen LogP contribution in [0.25, 0.3) is 0 Å². The van der Waals surface area contributed by atoms with Crippen LogP contribution >= 0.6 is 0 Å². The molecule has 1 aliphatic rings. The molecule has 0 amide bonds. The molecule has 3 aromatic carbocycles. The van der Waals surface area contributed by atoms with Crippen LogP contribution < -0.4 is 0 Å². The monoisotopic (exact) mass is 432 g/mol. The molecule has 0 spiro atoms.